The van der Waals surface area contributed by atoms with Gasteiger partial charge in [0.25, 0.3) is 0 Å². The molecule has 1 aliphatic rings. The van der Waals surface area contributed by atoms with Crippen molar-refractivity contribution in [3.8, 4) is 0 Å². The summed E-state index contributed by atoms with van der Waals surface area (Å²) in [5.74, 6) is 2.79. The standard InChI is InChI=1S/C6H9BN/c8-5-1-4-7-6-2-3-6/h1,4-6,8H,2-3H2/b4-1-,8-5?. The third kappa shape index (κ3) is 1.96. The fraction of sp³-hybridized carbons (Fsp3) is 0.500. The Labute approximate surface area is 50.5 Å². The highest BCUT2D eigenvalue weighted by Crippen LogP contribution is 2.34. The third-order valence-electron chi connectivity index (χ3n) is 1.21. The molecule has 8 heavy (non-hydrogen) atoms. The van der Waals surface area contributed by atoms with E-state index in [1.54, 1.807) is 6.08 Å². The second-order valence-electron chi connectivity index (χ2n) is 2.08. The van der Waals surface area contributed by atoms with Crippen LogP contribution in [0.4, 0.5) is 0 Å². The van der Waals surface area contributed by atoms with Crippen molar-refractivity contribution in [2.24, 2.45) is 0 Å². The Hall–Kier alpha value is -0.525. The van der Waals surface area contributed by atoms with Crippen LogP contribution in [0.15, 0.2) is 12.1 Å². The summed E-state index contributed by atoms with van der Waals surface area (Å²) in [6.45, 7) is 0. The molecule has 1 N–H and O–H groups in total. The van der Waals surface area contributed by atoms with Crippen LogP contribution in [-0.4, -0.2) is 13.5 Å². The second-order valence-corrected chi connectivity index (χ2v) is 2.08. The summed E-state index contributed by atoms with van der Waals surface area (Å²) in [5, 5.41) is 6.64. The molecule has 0 saturated heterocycles. The minimum Gasteiger partial charge on any atom is -0.309 e. The molecule has 0 aromatic heterocycles. The molecule has 1 saturated carbocycles. The highest BCUT2D eigenvalue weighted by molar-refractivity contribution is 6.45. The van der Waals surface area contributed by atoms with Gasteiger partial charge in [-0.25, -0.2) is 0 Å². The number of allylic oxidation sites excluding steroid dienone is 1. The normalized spacial score (nSPS) is 19.0. The molecule has 1 fully saturated rings. The van der Waals surface area contributed by atoms with Crippen molar-refractivity contribution in [3.05, 3.63) is 12.1 Å². The molecule has 0 amide bonds. The molecule has 2 heteroatoms. The summed E-state index contributed by atoms with van der Waals surface area (Å²) in [4.78, 5) is 0. The molecule has 0 aromatic carbocycles. The van der Waals surface area contributed by atoms with Crippen molar-refractivity contribution in [1.82, 2.24) is 0 Å². The maximum absolute atomic E-state index is 6.64. The summed E-state index contributed by atoms with van der Waals surface area (Å²) in [7, 11) is 2.16. The van der Waals surface area contributed by atoms with E-state index in [2.05, 4.69) is 7.28 Å². The first-order valence-electron chi connectivity index (χ1n) is 2.94. The van der Waals surface area contributed by atoms with Crippen LogP contribution < -0.4 is 0 Å². The molecular formula is C6H9BN. The van der Waals surface area contributed by atoms with Gasteiger partial charge >= 0.3 is 0 Å². The van der Waals surface area contributed by atoms with Gasteiger partial charge < -0.3 is 5.41 Å². The lowest BCUT2D eigenvalue weighted by molar-refractivity contribution is 1.45. The molecule has 0 spiro atoms. The van der Waals surface area contributed by atoms with Crippen molar-refractivity contribution in [1.29, 1.82) is 5.41 Å². The Morgan fingerprint density at radius 1 is 1.50 bits per heavy atom. The lowest BCUT2D eigenvalue weighted by atomic mass is 9.72. The smallest absolute Gasteiger partial charge is 0.144 e. The van der Waals surface area contributed by atoms with E-state index in [-0.39, 0.29) is 0 Å². The zero-order valence-electron chi connectivity index (χ0n) is 4.80. The van der Waals surface area contributed by atoms with Crippen molar-refractivity contribution in [2.45, 2.75) is 18.7 Å². The van der Waals surface area contributed by atoms with Gasteiger partial charge in [-0.05, 0) is 0 Å². The first-order chi connectivity index (χ1) is 3.93. The number of hydrogen-bond acceptors (Lipinski definition) is 1. The lowest BCUT2D eigenvalue weighted by Gasteiger charge is -1.76. The Balaban J connectivity index is 2.01. The van der Waals surface area contributed by atoms with Crippen LogP contribution in [0, 0.1) is 5.41 Å². The fourth-order valence-corrected chi connectivity index (χ4v) is 0.566. The highest BCUT2D eigenvalue weighted by Gasteiger charge is 2.19. The largest absolute Gasteiger partial charge is 0.309 e. The number of nitrogens with one attached hydrogen (secondary N) is 1. The van der Waals surface area contributed by atoms with Gasteiger partial charge in [-0.2, -0.15) is 0 Å². The van der Waals surface area contributed by atoms with E-state index in [4.69, 9.17) is 5.41 Å². The first-order valence-corrected chi connectivity index (χ1v) is 2.94. The Morgan fingerprint density at radius 2 is 2.25 bits per heavy atom. The van der Waals surface area contributed by atoms with Gasteiger partial charge in [0.1, 0.15) is 7.28 Å². The van der Waals surface area contributed by atoms with Gasteiger partial charge in [0.2, 0.25) is 0 Å². The average molecular weight is 106 g/mol. The van der Waals surface area contributed by atoms with Gasteiger partial charge in [0.05, 0.1) is 0 Å². The summed E-state index contributed by atoms with van der Waals surface area (Å²) in [5.41, 5.74) is 0. The highest BCUT2D eigenvalue weighted by atomic mass is 14.3. The Morgan fingerprint density at radius 3 is 2.75 bits per heavy atom. The van der Waals surface area contributed by atoms with E-state index in [0.717, 1.165) is 5.82 Å². The van der Waals surface area contributed by atoms with Crippen LogP contribution in [0.3, 0.4) is 0 Å². The fourth-order valence-electron chi connectivity index (χ4n) is 0.566. The molecule has 1 nitrogen and oxygen atoms in total. The van der Waals surface area contributed by atoms with Crippen molar-refractivity contribution >= 4 is 13.5 Å². The molecule has 1 aliphatic carbocycles. The SMILES string of the molecule is N=C/C=C\[B]C1CC1. The predicted molar refractivity (Wildman–Crippen MR) is 36.7 cm³/mol. The quantitative estimate of drug-likeness (QED) is 0.415. The molecule has 0 aromatic rings. The average Bonchev–Trinajstić information content (AvgIpc) is 2.51. The van der Waals surface area contributed by atoms with E-state index in [0.29, 0.717) is 0 Å². The molecule has 1 rings (SSSR count). The zero-order chi connectivity index (χ0) is 5.82. The van der Waals surface area contributed by atoms with Crippen LogP contribution in [-0.2, 0) is 0 Å². The predicted octanol–water partition coefficient (Wildman–Crippen LogP) is 1.44. The summed E-state index contributed by atoms with van der Waals surface area (Å²) >= 11 is 0. The molecular weight excluding hydrogens is 96.9 g/mol. The number of rotatable bonds is 3. The van der Waals surface area contributed by atoms with Crippen LogP contribution in [0.25, 0.3) is 0 Å². The van der Waals surface area contributed by atoms with Gasteiger partial charge in [-0.1, -0.05) is 24.7 Å². The van der Waals surface area contributed by atoms with Crippen molar-refractivity contribution < 1.29 is 0 Å². The van der Waals surface area contributed by atoms with Crippen LogP contribution in [0.5, 0.6) is 0 Å². The first kappa shape index (κ1) is 5.61. The lowest BCUT2D eigenvalue weighted by Crippen LogP contribution is -1.79. The van der Waals surface area contributed by atoms with Gasteiger partial charge in [0, 0.05) is 6.21 Å². The second kappa shape index (κ2) is 2.70. The molecule has 0 heterocycles. The minimum absolute atomic E-state index is 0.839. The maximum atomic E-state index is 6.64. The van der Waals surface area contributed by atoms with Crippen LogP contribution in [0.2, 0.25) is 5.82 Å². The summed E-state index contributed by atoms with van der Waals surface area (Å²) in [6.07, 6.45) is 5.75. The molecule has 0 unspecified atom stereocenters. The number of hydrogen-bond donors (Lipinski definition) is 1. The van der Waals surface area contributed by atoms with Gasteiger partial charge in [0.15, 0.2) is 0 Å². The molecule has 0 bridgehead atoms. The summed E-state index contributed by atoms with van der Waals surface area (Å²) in [6, 6.07) is 0. The Kier molecular flexibility index (Phi) is 1.89. The minimum atomic E-state index is 0.839. The van der Waals surface area contributed by atoms with E-state index in [1.165, 1.54) is 19.1 Å². The van der Waals surface area contributed by atoms with Gasteiger partial charge in [-0.15, -0.1) is 5.98 Å². The topological polar surface area (TPSA) is 23.9 Å². The monoisotopic (exact) mass is 106 g/mol. The van der Waals surface area contributed by atoms with Crippen LogP contribution in [0.1, 0.15) is 12.8 Å². The van der Waals surface area contributed by atoms with E-state index in [9.17, 15) is 0 Å². The van der Waals surface area contributed by atoms with E-state index < -0.39 is 0 Å². The molecule has 0 aliphatic heterocycles. The van der Waals surface area contributed by atoms with Gasteiger partial charge in [-0.3, -0.25) is 0 Å². The molecule has 41 valence electrons. The maximum Gasteiger partial charge on any atom is 0.144 e. The summed E-state index contributed by atoms with van der Waals surface area (Å²) < 4.78 is 0. The third-order valence-corrected chi connectivity index (χ3v) is 1.21. The zero-order valence-corrected chi connectivity index (χ0v) is 4.80. The van der Waals surface area contributed by atoms with E-state index >= 15 is 0 Å². The van der Waals surface area contributed by atoms with Crippen molar-refractivity contribution in [2.75, 3.05) is 0 Å². The Bertz CT molecular complexity index is 105. The van der Waals surface area contributed by atoms with Crippen LogP contribution >= 0.6 is 0 Å². The molecule has 0 atom stereocenters. The molecule has 1 radical (unpaired) electrons. The van der Waals surface area contributed by atoms with Crippen molar-refractivity contribution in [3.63, 3.8) is 0 Å². The van der Waals surface area contributed by atoms with E-state index in [1.807, 2.05) is 5.98 Å².